The third kappa shape index (κ3) is 3.82. The number of nitrogens with zero attached hydrogens (tertiary/aromatic N) is 5. The van der Waals surface area contributed by atoms with Gasteiger partial charge in [-0.05, 0) is 49.3 Å². The van der Waals surface area contributed by atoms with Gasteiger partial charge in [-0.3, -0.25) is 0 Å². The van der Waals surface area contributed by atoms with E-state index in [1.807, 2.05) is 32.3 Å². The first kappa shape index (κ1) is 22.4. The van der Waals surface area contributed by atoms with Crippen molar-refractivity contribution in [2.75, 3.05) is 18.1 Å². The molecule has 1 unspecified atom stereocenters. The molecule has 1 N–H and O–H groups in total. The molecule has 1 aromatic carbocycles. The second kappa shape index (κ2) is 7.84. The molecule has 2 atom stereocenters. The van der Waals surface area contributed by atoms with E-state index in [1.165, 1.54) is 4.90 Å². The van der Waals surface area contributed by atoms with Crippen LogP contribution in [0.15, 0.2) is 35.1 Å². The number of amides is 1. The third-order valence-corrected chi connectivity index (χ3v) is 7.29. The Labute approximate surface area is 197 Å². The van der Waals surface area contributed by atoms with E-state index in [2.05, 4.69) is 27.7 Å². The Bertz CT molecular complexity index is 1290. The zero-order valence-electron chi connectivity index (χ0n) is 19.7. The number of imidazole rings is 1. The summed E-state index contributed by atoms with van der Waals surface area (Å²) in [5.74, 6) is 0.343. The van der Waals surface area contributed by atoms with Crippen LogP contribution in [-0.4, -0.2) is 44.7 Å². The Hall–Kier alpha value is -3.38. The number of carbonyl (C=O) groups is 1. The molecule has 0 bridgehead atoms. The maximum atomic E-state index is 12.9. The molecule has 1 aliphatic carbocycles. The predicted octanol–water partition coefficient (Wildman–Crippen LogP) is 4.14. The predicted molar refractivity (Wildman–Crippen MR) is 124 cm³/mol. The minimum absolute atomic E-state index is 0.0789. The van der Waals surface area contributed by atoms with E-state index >= 15 is 0 Å². The summed E-state index contributed by atoms with van der Waals surface area (Å²) in [5, 5.41) is 23.0. The molecule has 9 heteroatoms. The first-order valence-electron chi connectivity index (χ1n) is 11.6. The van der Waals surface area contributed by atoms with Crippen LogP contribution in [-0.2, 0) is 16.7 Å². The second-order valence-corrected chi connectivity index (χ2v) is 10.8. The van der Waals surface area contributed by atoms with Crippen LogP contribution < -0.4 is 4.90 Å². The van der Waals surface area contributed by atoms with Crippen molar-refractivity contribution >= 4 is 23.0 Å². The molecular weight excluding hydrogens is 434 g/mol. The monoisotopic (exact) mass is 463 g/mol. The summed E-state index contributed by atoms with van der Waals surface area (Å²) in [6.45, 7) is 6.99. The lowest BCUT2D eigenvalue weighted by atomic mass is 9.68. The smallest absolute Gasteiger partial charge is 0.417 e. The van der Waals surface area contributed by atoms with Gasteiger partial charge in [0, 0.05) is 18.0 Å². The summed E-state index contributed by atoms with van der Waals surface area (Å²) in [4.78, 5) is 18.9. The number of hydrogen-bond acceptors (Lipinski definition) is 7. The van der Waals surface area contributed by atoms with Crippen LogP contribution in [0.2, 0.25) is 0 Å². The fourth-order valence-electron chi connectivity index (χ4n) is 5.40. The van der Waals surface area contributed by atoms with Gasteiger partial charge in [-0.1, -0.05) is 25.9 Å². The minimum atomic E-state index is -0.599. The molecule has 9 nitrogen and oxygen atoms in total. The zero-order chi connectivity index (χ0) is 24.1. The van der Waals surface area contributed by atoms with Gasteiger partial charge in [-0.15, -0.1) is 0 Å². The van der Waals surface area contributed by atoms with Crippen LogP contribution in [0.4, 0.5) is 10.7 Å². The number of aromatic nitrogens is 3. The molecule has 2 aromatic heterocycles. The van der Waals surface area contributed by atoms with E-state index in [9.17, 15) is 15.2 Å². The Morgan fingerprint density at radius 2 is 2.12 bits per heavy atom. The molecule has 0 radical (unpaired) electrons. The van der Waals surface area contributed by atoms with Crippen molar-refractivity contribution in [2.45, 2.75) is 64.0 Å². The van der Waals surface area contributed by atoms with Crippen molar-refractivity contribution in [3.63, 3.8) is 0 Å². The number of rotatable bonds is 5. The molecule has 5 rings (SSSR count). The Morgan fingerprint density at radius 3 is 2.88 bits per heavy atom. The number of carbonyl (C=O) groups excluding carboxylic acids is 1. The van der Waals surface area contributed by atoms with E-state index in [0.29, 0.717) is 30.1 Å². The number of aliphatic hydroxyl groups excluding tert-OH is 1. The standard InChI is InChI=1S/C25H29N5O4/c1-23(2,15-31)20-10-21(34-28-20)30-14-25(33-22(30)32)8-4-7-24(3,12-25)13-29-16-27-18-6-5-17(11-26)9-19(18)29/h5-6,9-10,16,31H,4,7-8,12-15H2,1-3H3/t24?,25-/m1/s1. The summed E-state index contributed by atoms with van der Waals surface area (Å²) in [6.07, 6.45) is 4.83. The Balaban J connectivity index is 1.37. The molecular formula is C25H29N5O4. The topological polar surface area (TPSA) is 117 Å². The Morgan fingerprint density at radius 1 is 1.29 bits per heavy atom. The Kier molecular flexibility index (Phi) is 5.17. The van der Waals surface area contributed by atoms with Gasteiger partial charge in [0.2, 0.25) is 5.88 Å². The van der Waals surface area contributed by atoms with Gasteiger partial charge in [-0.25, -0.2) is 14.7 Å². The summed E-state index contributed by atoms with van der Waals surface area (Å²) in [7, 11) is 0. The molecule has 1 spiro atoms. The highest BCUT2D eigenvalue weighted by Gasteiger charge is 2.52. The number of ether oxygens (including phenoxy) is 1. The van der Waals surface area contributed by atoms with Crippen molar-refractivity contribution in [1.82, 2.24) is 14.7 Å². The highest BCUT2D eigenvalue weighted by atomic mass is 16.6. The van der Waals surface area contributed by atoms with Crippen LogP contribution in [0.3, 0.4) is 0 Å². The van der Waals surface area contributed by atoms with E-state index in [-0.39, 0.29) is 12.0 Å². The zero-order valence-corrected chi connectivity index (χ0v) is 19.7. The molecule has 1 aliphatic heterocycles. The molecule has 3 aromatic rings. The molecule has 1 saturated heterocycles. The lowest BCUT2D eigenvalue weighted by Crippen LogP contribution is -2.45. The SMILES string of the molecule is CC1(Cn2cnc3ccc(C#N)cc32)CCC[C@]2(CN(c3cc(C(C)(C)CO)no3)C(=O)O2)C1. The van der Waals surface area contributed by atoms with E-state index in [0.717, 1.165) is 36.8 Å². The number of nitriles is 1. The summed E-state index contributed by atoms with van der Waals surface area (Å²) in [5.41, 5.74) is 1.72. The quantitative estimate of drug-likeness (QED) is 0.604. The average Bonchev–Trinajstić information content (AvgIpc) is 3.51. The van der Waals surface area contributed by atoms with Crippen LogP contribution in [0.25, 0.3) is 11.0 Å². The number of hydrogen-bond donors (Lipinski definition) is 1. The van der Waals surface area contributed by atoms with E-state index < -0.39 is 17.1 Å². The number of fused-ring (bicyclic) bond motifs is 1. The van der Waals surface area contributed by atoms with Crippen molar-refractivity contribution in [3.8, 4) is 6.07 Å². The fraction of sp³-hybridized carbons (Fsp3) is 0.520. The fourth-order valence-corrected chi connectivity index (χ4v) is 5.40. The molecule has 1 saturated carbocycles. The summed E-state index contributed by atoms with van der Waals surface area (Å²) >= 11 is 0. The third-order valence-electron chi connectivity index (χ3n) is 7.29. The maximum absolute atomic E-state index is 12.9. The van der Waals surface area contributed by atoms with Gasteiger partial charge in [0.15, 0.2) is 0 Å². The van der Waals surface area contributed by atoms with Crippen LogP contribution in [0, 0.1) is 16.7 Å². The number of aliphatic hydroxyl groups is 1. The molecule has 2 fully saturated rings. The largest absolute Gasteiger partial charge is 0.441 e. The second-order valence-electron chi connectivity index (χ2n) is 10.8. The summed E-state index contributed by atoms with van der Waals surface area (Å²) < 4.78 is 13.6. The molecule has 3 heterocycles. The van der Waals surface area contributed by atoms with E-state index in [1.54, 1.807) is 12.1 Å². The molecule has 34 heavy (non-hydrogen) atoms. The normalized spacial score (nSPS) is 25.1. The van der Waals surface area contributed by atoms with Crippen molar-refractivity contribution in [1.29, 1.82) is 5.26 Å². The van der Waals surface area contributed by atoms with Gasteiger partial charge in [0.05, 0.1) is 47.8 Å². The number of anilines is 1. The first-order chi connectivity index (χ1) is 16.2. The molecule has 2 aliphatic rings. The average molecular weight is 464 g/mol. The van der Waals surface area contributed by atoms with Crippen molar-refractivity contribution < 1.29 is 19.2 Å². The minimum Gasteiger partial charge on any atom is -0.441 e. The lowest BCUT2D eigenvalue weighted by Gasteiger charge is -2.43. The van der Waals surface area contributed by atoms with Crippen molar-refractivity contribution in [3.05, 3.63) is 41.9 Å². The van der Waals surface area contributed by atoms with Gasteiger partial charge in [0.1, 0.15) is 5.60 Å². The van der Waals surface area contributed by atoms with Gasteiger partial charge in [0.25, 0.3) is 0 Å². The van der Waals surface area contributed by atoms with Gasteiger partial charge < -0.3 is 18.9 Å². The highest BCUT2D eigenvalue weighted by molar-refractivity contribution is 5.88. The number of benzene rings is 1. The van der Waals surface area contributed by atoms with Crippen LogP contribution in [0.5, 0.6) is 0 Å². The highest BCUT2D eigenvalue weighted by Crippen LogP contribution is 2.48. The van der Waals surface area contributed by atoms with Crippen LogP contribution in [0.1, 0.15) is 57.7 Å². The summed E-state index contributed by atoms with van der Waals surface area (Å²) in [6, 6.07) is 9.43. The maximum Gasteiger partial charge on any atom is 0.417 e. The lowest BCUT2D eigenvalue weighted by molar-refractivity contribution is -0.0264. The van der Waals surface area contributed by atoms with E-state index in [4.69, 9.17) is 9.26 Å². The first-order valence-corrected chi connectivity index (χ1v) is 11.6. The van der Waals surface area contributed by atoms with Gasteiger partial charge in [-0.2, -0.15) is 5.26 Å². The van der Waals surface area contributed by atoms with Crippen LogP contribution >= 0.6 is 0 Å². The van der Waals surface area contributed by atoms with Crippen molar-refractivity contribution in [2.24, 2.45) is 5.41 Å². The molecule has 178 valence electrons. The van der Waals surface area contributed by atoms with Gasteiger partial charge >= 0.3 is 6.09 Å². The molecule has 1 amide bonds.